The van der Waals surface area contributed by atoms with Gasteiger partial charge in [0, 0.05) is 15.4 Å². The molecule has 20 heavy (non-hydrogen) atoms. The van der Waals surface area contributed by atoms with E-state index in [1.54, 1.807) is 10.7 Å². The average Bonchev–Trinajstić information content (AvgIpc) is 3.13. The molecule has 0 unspecified atom stereocenters. The molecule has 1 N–H and O–H groups in total. The van der Waals surface area contributed by atoms with Crippen molar-refractivity contribution in [3.63, 3.8) is 0 Å². The molecule has 3 rings (SSSR count). The first-order valence-corrected chi connectivity index (χ1v) is 7.30. The summed E-state index contributed by atoms with van der Waals surface area (Å²) in [5.74, 6) is -0.346. The fourth-order valence-electron chi connectivity index (χ4n) is 2.00. The van der Waals surface area contributed by atoms with E-state index in [2.05, 4.69) is 26.0 Å². The average molecular weight is 357 g/mol. The van der Waals surface area contributed by atoms with Gasteiger partial charge in [0.1, 0.15) is 5.82 Å². The Morgan fingerprint density at radius 2 is 2.20 bits per heavy atom. The van der Waals surface area contributed by atoms with Crippen LogP contribution in [0.3, 0.4) is 0 Å². The van der Waals surface area contributed by atoms with E-state index in [0.29, 0.717) is 16.5 Å². The first-order valence-electron chi connectivity index (χ1n) is 6.13. The second kappa shape index (κ2) is 4.86. The van der Waals surface area contributed by atoms with Crippen LogP contribution in [-0.2, 0) is 0 Å². The molecule has 7 heteroatoms. The van der Waals surface area contributed by atoms with Gasteiger partial charge in [-0.25, -0.2) is 14.5 Å². The number of benzene rings is 1. The highest BCUT2D eigenvalue weighted by molar-refractivity contribution is 9.10. The number of halogens is 2. The maximum atomic E-state index is 11.1. The monoisotopic (exact) mass is 355 g/mol. The molecule has 5 nitrogen and oxygen atoms in total. The van der Waals surface area contributed by atoms with Crippen molar-refractivity contribution in [1.82, 2.24) is 14.8 Å². The fourth-order valence-corrected chi connectivity index (χ4v) is 2.78. The van der Waals surface area contributed by atoms with Gasteiger partial charge in [0.2, 0.25) is 0 Å². The maximum absolute atomic E-state index is 11.1. The summed E-state index contributed by atoms with van der Waals surface area (Å²) in [6.07, 6.45) is 2.02. The first kappa shape index (κ1) is 13.6. The van der Waals surface area contributed by atoms with Crippen molar-refractivity contribution in [3.8, 4) is 5.69 Å². The predicted molar refractivity (Wildman–Crippen MR) is 77.7 cm³/mol. The maximum Gasteiger partial charge on any atom is 0.375 e. The summed E-state index contributed by atoms with van der Waals surface area (Å²) < 4.78 is 2.39. The van der Waals surface area contributed by atoms with Crippen LogP contribution in [0, 0.1) is 6.92 Å². The molecule has 0 amide bonds. The lowest BCUT2D eigenvalue weighted by Crippen LogP contribution is -2.04. The van der Waals surface area contributed by atoms with E-state index in [1.165, 1.54) is 0 Å². The van der Waals surface area contributed by atoms with E-state index < -0.39 is 5.97 Å². The van der Waals surface area contributed by atoms with Gasteiger partial charge in [0.25, 0.3) is 5.82 Å². The lowest BCUT2D eigenvalue weighted by molar-refractivity contribution is 0.0683. The number of aromatic carboxylic acids is 1. The molecule has 1 heterocycles. The van der Waals surface area contributed by atoms with Crippen molar-refractivity contribution in [1.29, 1.82) is 0 Å². The molecule has 1 aromatic carbocycles. The Bertz CT molecular complexity index is 710. The minimum atomic E-state index is -1.13. The number of nitrogens with zero attached hydrogens (tertiary/aromatic N) is 3. The van der Waals surface area contributed by atoms with Gasteiger partial charge in [-0.3, -0.25) is 0 Å². The summed E-state index contributed by atoms with van der Waals surface area (Å²) in [5.41, 5.74) is 1.65. The van der Waals surface area contributed by atoms with Crippen molar-refractivity contribution >= 4 is 33.5 Å². The third-order valence-electron chi connectivity index (χ3n) is 3.22. The van der Waals surface area contributed by atoms with Crippen molar-refractivity contribution in [2.45, 2.75) is 25.7 Å². The van der Waals surface area contributed by atoms with Gasteiger partial charge >= 0.3 is 5.97 Å². The van der Waals surface area contributed by atoms with Gasteiger partial charge in [-0.1, -0.05) is 11.6 Å². The predicted octanol–water partition coefficient (Wildman–Crippen LogP) is 3.57. The highest BCUT2D eigenvalue weighted by Crippen LogP contribution is 2.40. The number of hydrogen-bond acceptors (Lipinski definition) is 3. The highest BCUT2D eigenvalue weighted by Gasteiger charge is 2.32. The lowest BCUT2D eigenvalue weighted by Gasteiger charge is -2.09. The van der Waals surface area contributed by atoms with E-state index in [1.807, 2.05) is 13.0 Å². The Balaban J connectivity index is 2.18. The second-order valence-corrected chi connectivity index (χ2v) is 6.10. The van der Waals surface area contributed by atoms with Crippen molar-refractivity contribution in [2.24, 2.45) is 0 Å². The number of carboxylic acid groups (broad SMARTS) is 1. The van der Waals surface area contributed by atoms with Crippen LogP contribution >= 0.6 is 27.5 Å². The molecule has 1 saturated carbocycles. The van der Waals surface area contributed by atoms with Crippen LogP contribution in [0.2, 0.25) is 5.02 Å². The molecule has 0 spiro atoms. The minimum absolute atomic E-state index is 0.185. The Morgan fingerprint density at radius 1 is 1.50 bits per heavy atom. The largest absolute Gasteiger partial charge is 0.475 e. The van der Waals surface area contributed by atoms with E-state index in [4.69, 9.17) is 16.7 Å². The number of carboxylic acids is 1. The number of aromatic nitrogens is 3. The zero-order chi connectivity index (χ0) is 14.4. The zero-order valence-corrected chi connectivity index (χ0v) is 12.9. The topological polar surface area (TPSA) is 68.0 Å². The van der Waals surface area contributed by atoms with E-state index >= 15 is 0 Å². The van der Waals surface area contributed by atoms with Gasteiger partial charge in [-0.2, -0.15) is 0 Å². The SMILES string of the molecule is Cc1cc(Br)c(-n2nc(C(=O)O)nc2C2CC2)cc1Cl. The van der Waals surface area contributed by atoms with E-state index in [0.717, 1.165) is 22.9 Å². The van der Waals surface area contributed by atoms with Crippen molar-refractivity contribution in [3.05, 3.63) is 38.8 Å². The molecular weight excluding hydrogens is 346 g/mol. The van der Waals surface area contributed by atoms with Gasteiger partial charge in [-0.15, -0.1) is 5.10 Å². The van der Waals surface area contributed by atoms with Crippen LogP contribution in [-0.4, -0.2) is 25.8 Å². The summed E-state index contributed by atoms with van der Waals surface area (Å²) in [6.45, 7) is 1.91. The summed E-state index contributed by atoms with van der Waals surface area (Å²) in [6, 6.07) is 3.66. The summed E-state index contributed by atoms with van der Waals surface area (Å²) in [5, 5.41) is 13.8. The molecule has 0 bridgehead atoms. The van der Waals surface area contributed by atoms with E-state index in [9.17, 15) is 4.79 Å². The third-order valence-corrected chi connectivity index (χ3v) is 4.26. The summed E-state index contributed by atoms with van der Waals surface area (Å²) >= 11 is 9.63. The molecule has 0 saturated heterocycles. The molecule has 104 valence electrons. The van der Waals surface area contributed by atoms with Crippen LogP contribution in [0.15, 0.2) is 16.6 Å². The van der Waals surface area contributed by atoms with Crippen molar-refractivity contribution in [2.75, 3.05) is 0 Å². The molecule has 0 aliphatic heterocycles. The standard InChI is InChI=1S/C13H11BrClN3O2/c1-6-4-8(14)10(5-9(6)15)18-12(7-2-3-7)16-11(17-18)13(19)20/h4-5,7H,2-3H2,1H3,(H,19,20). The molecule has 1 fully saturated rings. The second-order valence-electron chi connectivity index (χ2n) is 4.84. The van der Waals surface area contributed by atoms with Gasteiger partial charge in [0.05, 0.1) is 5.69 Å². The quantitative estimate of drug-likeness (QED) is 0.913. The molecular formula is C13H11BrClN3O2. The van der Waals surface area contributed by atoms with Gasteiger partial charge in [0.15, 0.2) is 0 Å². The summed E-state index contributed by atoms with van der Waals surface area (Å²) in [7, 11) is 0. The third kappa shape index (κ3) is 2.33. The Morgan fingerprint density at radius 3 is 2.80 bits per heavy atom. The van der Waals surface area contributed by atoms with Crippen molar-refractivity contribution < 1.29 is 9.90 Å². The normalized spacial score (nSPS) is 14.6. The molecule has 1 aliphatic carbocycles. The Hall–Kier alpha value is -1.40. The number of hydrogen-bond donors (Lipinski definition) is 1. The Kier molecular flexibility index (Phi) is 3.30. The molecule has 1 aliphatic rings. The van der Waals surface area contributed by atoms with Gasteiger partial charge in [-0.05, 0) is 53.4 Å². The lowest BCUT2D eigenvalue weighted by atomic mass is 10.2. The van der Waals surface area contributed by atoms with Crippen LogP contribution in [0.1, 0.15) is 40.8 Å². The van der Waals surface area contributed by atoms with Crippen LogP contribution in [0.4, 0.5) is 0 Å². The molecule has 0 radical (unpaired) electrons. The zero-order valence-electron chi connectivity index (χ0n) is 10.6. The minimum Gasteiger partial charge on any atom is -0.475 e. The smallest absolute Gasteiger partial charge is 0.375 e. The summed E-state index contributed by atoms with van der Waals surface area (Å²) in [4.78, 5) is 15.2. The molecule has 2 aromatic rings. The Labute approximate surface area is 128 Å². The number of rotatable bonds is 3. The first-order chi connectivity index (χ1) is 9.47. The highest BCUT2D eigenvalue weighted by atomic mass is 79.9. The molecule has 0 atom stereocenters. The molecule has 1 aromatic heterocycles. The van der Waals surface area contributed by atoms with Crippen LogP contribution in [0.5, 0.6) is 0 Å². The number of carbonyl (C=O) groups is 1. The van der Waals surface area contributed by atoms with Crippen LogP contribution in [0.25, 0.3) is 5.69 Å². The van der Waals surface area contributed by atoms with Crippen LogP contribution < -0.4 is 0 Å². The van der Waals surface area contributed by atoms with E-state index in [-0.39, 0.29) is 11.7 Å². The fraction of sp³-hybridized carbons (Fsp3) is 0.308. The van der Waals surface area contributed by atoms with Gasteiger partial charge < -0.3 is 5.11 Å². The number of aryl methyl sites for hydroxylation is 1.